The fraction of sp³-hybridized carbons (Fsp3) is 0.875. The van der Waals surface area contributed by atoms with Gasteiger partial charge in [-0.05, 0) is 19.3 Å². The summed E-state index contributed by atoms with van der Waals surface area (Å²) in [5.74, 6) is 1.08. The molecule has 0 aromatic heterocycles. The molecule has 0 heterocycles. The van der Waals surface area contributed by atoms with E-state index in [2.05, 4.69) is 0 Å². The molecule has 2 aliphatic rings. The summed E-state index contributed by atoms with van der Waals surface area (Å²) in [6.45, 7) is 0. The van der Waals surface area contributed by atoms with Crippen LogP contribution in [0.25, 0.3) is 0 Å². The van der Waals surface area contributed by atoms with Crippen LogP contribution in [0.2, 0.25) is 0 Å². The molecule has 0 aliphatic heterocycles. The number of carbonyl (C=O) groups excluding carboxylic acids is 1. The number of hydrogen-bond donors (Lipinski definition) is 0. The van der Waals surface area contributed by atoms with Gasteiger partial charge in [0.05, 0.1) is 6.10 Å². The van der Waals surface area contributed by atoms with Crippen molar-refractivity contribution < 1.29 is 9.53 Å². The lowest BCUT2D eigenvalue weighted by Gasteiger charge is -2.17. The van der Waals surface area contributed by atoms with Crippen molar-refractivity contribution in [1.82, 2.24) is 0 Å². The molecule has 3 unspecified atom stereocenters. The quantitative estimate of drug-likeness (QED) is 0.543. The predicted molar refractivity (Wildman–Crippen MR) is 36.6 cm³/mol. The average molecular weight is 140 g/mol. The molecule has 2 heteroatoms. The minimum absolute atomic E-state index is 0.256. The Kier molecular flexibility index (Phi) is 1.31. The van der Waals surface area contributed by atoms with Crippen LogP contribution in [0.15, 0.2) is 0 Å². The molecule has 2 nitrogen and oxygen atoms in total. The van der Waals surface area contributed by atoms with Gasteiger partial charge in [-0.3, -0.25) is 4.79 Å². The summed E-state index contributed by atoms with van der Waals surface area (Å²) >= 11 is 0. The third kappa shape index (κ3) is 0.655. The largest absolute Gasteiger partial charge is 0.381 e. The first kappa shape index (κ1) is 6.35. The lowest BCUT2D eigenvalue weighted by atomic mass is 9.98. The molecule has 3 atom stereocenters. The molecule has 0 spiro atoms. The number of hydrogen-bond acceptors (Lipinski definition) is 2. The van der Waals surface area contributed by atoms with Crippen molar-refractivity contribution in [2.45, 2.75) is 25.4 Å². The Hall–Kier alpha value is -0.370. The number of Topliss-reactive ketones (excluding diaryl/α,β-unsaturated/α-hetero) is 1. The van der Waals surface area contributed by atoms with Crippen LogP contribution in [-0.4, -0.2) is 19.0 Å². The number of fused-ring (bicyclic) bond motifs is 2. The lowest BCUT2D eigenvalue weighted by Crippen LogP contribution is -2.19. The molecule has 10 heavy (non-hydrogen) atoms. The van der Waals surface area contributed by atoms with Crippen LogP contribution in [0, 0.1) is 11.8 Å². The van der Waals surface area contributed by atoms with E-state index in [0.29, 0.717) is 11.7 Å². The second kappa shape index (κ2) is 2.06. The fourth-order valence-electron chi connectivity index (χ4n) is 2.28. The number of rotatable bonds is 1. The molecule has 0 radical (unpaired) electrons. The zero-order valence-electron chi connectivity index (χ0n) is 6.17. The smallest absolute Gasteiger partial charge is 0.141 e. The van der Waals surface area contributed by atoms with Crippen molar-refractivity contribution in [1.29, 1.82) is 0 Å². The van der Waals surface area contributed by atoms with Crippen molar-refractivity contribution in [3.8, 4) is 0 Å². The third-order valence-corrected chi connectivity index (χ3v) is 2.86. The van der Waals surface area contributed by atoms with Crippen LogP contribution < -0.4 is 0 Å². The van der Waals surface area contributed by atoms with E-state index in [1.807, 2.05) is 0 Å². The van der Waals surface area contributed by atoms with E-state index in [1.54, 1.807) is 7.11 Å². The molecule has 2 bridgehead atoms. The first-order valence-electron chi connectivity index (χ1n) is 3.89. The van der Waals surface area contributed by atoms with Crippen molar-refractivity contribution in [2.75, 3.05) is 7.11 Å². The summed E-state index contributed by atoms with van der Waals surface area (Å²) in [4.78, 5) is 11.3. The molecule has 2 aliphatic carbocycles. The van der Waals surface area contributed by atoms with Crippen LogP contribution in [0.5, 0.6) is 0 Å². The van der Waals surface area contributed by atoms with Gasteiger partial charge in [0, 0.05) is 18.9 Å². The Morgan fingerprint density at radius 1 is 1.50 bits per heavy atom. The van der Waals surface area contributed by atoms with Gasteiger partial charge in [-0.15, -0.1) is 0 Å². The maximum absolute atomic E-state index is 11.3. The summed E-state index contributed by atoms with van der Waals surface area (Å²) < 4.78 is 5.19. The van der Waals surface area contributed by atoms with E-state index in [9.17, 15) is 4.79 Å². The molecular weight excluding hydrogens is 128 g/mol. The summed E-state index contributed by atoms with van der Waals surface area (Å²) in [5, 5.41) is 0. The highest BCUT2D eigenvalue weighted by Gasteiger charge is 2.47. The Labute approximate surface area is 60.6 Å². The summed E-state index contributed by atoms with van der Waals surface area (Å²) in [5.41, 5.74) is 0. The van der Waals surface area contributed by atoms with Crippen molar-refractivity contribution in [3.05, 3.63) is 0 Å². The molecule has 0 N–H and O–H groups in total. The number of ether oxygens (including phenoxy) is 1. The Morgan fingerprint density at radius 2 is 2.30 bits per heavy atom. The highest BCUT2D eigenvalue weighted by molar-refractivity contribution is 5.88. The van der Waals surface area contributed by atoms with E-state index >= 15 is 0 Å². The molecule has 56 valence electrons. The zero-order valence-corrected chi connectivity index (χ0v) is 6.17. The van der Waals surface area contributed by atoms with Crippen molar-refractivity contribution in [2.24, 2.45) is 11.8 Å². The normalized spacial score (nSPS) is 44.9. The monoisotopic (exact) mass is 140 g/mol. The maximum atomic E-state index is 11.3. The molecule has 0 aromatic carbocycles. The van der Waals surface area contributed by atoms with Crippen molar-refractivity contribution >= 4 is 5.78 Å². The molecular formula is C8H12O2. The van der Waals surface area contributed by atoms with Gasteiger partial charge in [-0.2, -0.15) is 0 Å². The van der Waals surface area contributed by atoms with Gasteiger partial charge >= 0.3 is 0 Å². The molecule has 0 amide bonds. The second-order valence-electron chi connectivity index (χ2n) is 3.29. The minimum Gasteiger partial charge on any atom is -0.381 e. The first-order valence-corrected chi connectivity index (χ1v) is 3.89. The van der Waals surface area contributed by atoms with Gasteiger partial charge in [0.2, 0.25) is 0 Å². The van der Waals surface area contributed by atoms with E-state index in [1.165, 1.54) is 0 Å². The number of ketones is 1. The van der Waals surface area contributed by atoms with Crippen LogP contribution in [0.1, 0.15) is 19.3 Å². The molecule has 2 rings (SSSR count). The van der Waals surface area contributed by atoms with Crippen molar-refractivity contribution in [3.63, 3.8) is 0 Å². The Morgan fingerprint density at radius 3 is 2.60 bits per heavy atom. The SMILES string of the molecule is COC1CC2CCC1C2=O. The van der Waals surface area contributed by atoms with Gasteiger partial charge in [0.15, 0.2) is 0 Å². The summed E-state index contributed by atoms with van der Waals surface area (Å²) in [6.07, 6.45) is 3.43. The first-order chi connectivity index (χ1) is 4.83. The Balaban J connectivity index is 2.16. The van der Waals surface area contributed by atoms with Crippen LogP contribution >= 0.6 is 0 Å². The van der Waals surface area contributed by atoms with E-state index in [-0.39, 0.29) is 12.0 Å². The van der Waals surface area contributed by atoms with Gasteiger partial charge < -0.3 is 4.74 Å². The molecule has 0 saturated heterocycles. The van der Waals surface area contributed by atoms with Gasteiger partial charge in [0.25, 0.3) is 0 Å². The second-order valence-corrected chi connectivity index (χ2v) is 3.29. The average Bonchev–Trinajstić information content (AvgIpc) is 2.46. The van der Waals surface area contributed by atoms with Gasteiger partial charge in [0.1, 0.15) is 5.78 Å². The third-order valence-electron chi connectivity index (χ3n) is 2.86. The number of methoxy groups -OCH3 is 1. The van der Waals surface area contributed by atoms with Crippen LogP contribution in [0.4, 0.5) is 0 Å². The number of carbonyl (C=O) groups is 1. The summed E-state index contributed by atoms with van der Waals surface area (Å²) in [7, 11) is 1.71. The Bertz CT molecular complexity index is 165. The molecule has 0 aromatic rings. The van der Waals surface area contributed by atoms with Crippen LogP contribution in [0.3, 0.4) is 0 Å². The fourth-order valence-corrected chi connectivity index (χ4v) is 2.28. The van der Waals surface area contributed by atoms with Gasteiger partial charge in [-0.25, -0.2) is 0 Å². The lowest BCUT2D eigenvalue weighted by molar-refractivity contribution is -0.122. The molecule has 2 fully saturated rings. The maximum Gasteiger partial charge on any atom is 0.141 e. The van der Waals surface area contributed by atoms with E-state index in [4.69, 9.17) is 4.74 Å². The highest BCUT2D eigenvalue weighted by atomic mass is 16.5. The van der Waals surface area contributed by atoms with Gasteiger partial charge in [-0.1, -0.05) is 0 Å². The summed E-state index contributed by atoms with van der Waals surface area (Å²) in [6, 6.07) is 0. The standard InChI is InChI=1S/C8H12O2/c1-10-7-4-5-2-3-6(7)8(5)9/h5-7H,2-4H2,1H3. The van der Waals surface area contributed by atoms with E-state index < -0.39 is 0 Å². The minimum atomic E-state index is 0.256. The zero-order chi connectivity index (χ0) is 7.14. The molecule has 2 saturated carbocycles. The highest BCUT2D eigenvalue weighted by Crippen LogP contribution is 2.42. The van der Waals surface area contributed by atoms with E-state index in [0.717, 1.165) is 19.3 Å². The topological polar surface area (TPSA) is 26.3 Å². The van der Waals surface area contributed by atoms with Crippen LogP contribution in [-0.2, 0) is 9.53 Å². The predicted octanol–water partition coefficient (Wildman–Crippen LogP) is 1.00.